The third kappa shape index (κ3) is 4.08. The number of hydrogen-bond donors (Lipinski definition) is 1. The van der Waals surface area contributed by atoms with Crippen LogP contribution in [0, 0.1) is 0 Å². The molecule has 0 bridgehead atoms. The second-order valence-electron chi connectivity index (χ2n) is 6.91. The molecule has 2 heterocycles. The molecule has 1 fully saturated rings. The highest BCUT2D eigenvalue weighted by molar-refractivity contribution is 7.96. The highest BCUT2D eigenvalue weighted by atomic mass is 32.2. The maximum atomic E-state index is 12.6. The molecule has 0 spiro atoms. The van der Waals surface area contributed by atoms with Crippen molar-refractivity contribution < 1.29 is 31.1 Å². The molecule has 1 N–H and O–H groups in total. The molecule has 1 amide bonds. The smallest absolute Gasteiger partial charge is 0.255 e. The number of sulfone groups is 2. The number of nitrogens with one attached hydrogen (secondary N) is 1. The van der Waals surface area contributed by atoms with Crippen molar-refractivity contribution in [2.75, 3.05) is 30.0 Å². The van der Waals surface area contributed by atoms with Crippen molar-refractivity contribution in [2.24, 2.45) is 0 Å². The van der Waals surface area contributed by atoms with Crippen LogP contribution in [0.15, 0.2) is 47.4 Å². The monoisotopic (exact) mass is 437 g/mol. The Bertz CT molecular complexity index is 1160. The van der Waals surface area contributed by atoms with Gasteiger partial charge in [-0.25, -0.2) is 16.8 Å². The van der Waals surface area contributed by atoms with Gasteiger partial charge in [0.2, 0.25) is 0 Å². The van der Waals surface area contributed by atoms with Crippen LogP contribution in [0.25, 0.3) is 0 Å². The fourth-order valence-electron chi connectivity index (χ4n) is 3.32. The van der Waals surface area contributed by atoms with E-state index in [1.54, 1.807) is 18.2 Å². The molecule has 1 saturated heterocycles. The van der Waals surface area contributed by atoms with Crippen LogP contribution in [-0.2, 0) is 19.7 Å². The topological polar surface area (TPSA) is 116 Å². The summed E-state index contributed by atoms with van der Waals surface area (Å²) in [5.41, 5.74) is 0.796. The minimum atomic E-state index is -3.76. The van der Waals surface area contributed by atoms with Gasteiger partial charge in [-0.1, -0.05) is 0 Å². The summed E-state index contributed by atoms with van der Waals surface area (Å²) in [6.45, 7) is 0.906. The molecule has 154 valence electrons. The average molecular weight is 437 g/mol. The molecule has 10 heteroatoms. The fraction of sp³-hybridized carbons (Fsp3) is 0.316. The largest absolute Gasteiger partial charge is 0.486 e. The Morgan fingerprint density at radius 2 is 1.69 bits per heavy atom. The van der Waals surface area contributed by atoms with Crippen LogP contribution >= 0.6 is 0 Å². The summed E-state index contributed by atoms with van der Waals surface area (Å²) >= 11 is 0. The van der Waals surface area contributed by atoms with Gasteiger partial charge in [-0.15, -0.1) is 0 Å². The summed E-state index contributed by atoms with van der Waals surface area (Å²) in [4.78, 5) is 12.5. The number of anilines is 1. The summed E-state index contributed by atoms with van der Waals surface area (Å²) in [5, 5.41) is 1.79. The summed E-state index contributed by atoms with van der Waals surface area (Å²) < 4.78 is 59.4. The number of carbonyl (C=O) groups excluding carboxylic acids is 1. The van der Waals surface area contributed by atoms with Gasteiger partial charge in [0.25, 0.3) is 5.91 Å². The SMILES string of the molecule is O=C(Nc1ccc2c(c1)OCCO2)c1ccc(S(=O)(=O)[C@@H]2CCS(=O)(=O)C2)cc1. The Morgan fingerprint density at radius 3 is 2.34 bits per heavy atom. The molecule has 0 radical (unpaired) electrons. The van der Waals surface area contributed by atoms with Crippen LogP contribution in [-0.4, -0.2) is 52.7 Å². The molecular formula is C19H19NO7S2. The zero-order valence-electron chi connectivity index (χ0n) is 15.3. The van der Waals surface area contributed by atoms with Gasteiger partial charge in [0.1, 0.15) is 13.2 Å². The molecule has 8 nitrogen and oxygen atoms in total. The first-order chi connectivity index (χ1) is 13.7. The van der Waals surface area contributed by atoms with Gasteiger partial charge >= 0.3 is 0 Å². The van der Waals surface area contributed by atoms with Crippen LogP contribution in [0.1, 0.15) is 16.8 Å². The molecule has 0 unspecified atom stereocenters. The van der Waals surface area contributed by atoms with Crippen molar-refractivity contribution in [3.05, 3.63) is 48.0 Å². The molecule has 4 rings (SSSR count). The standard InChI is InChI=1S/C19H19NO7S2/c21-19(20-14-3-6-17-18(11-14)27-9-8-26-17)13-1-4-15(5-2-13)29(24,25)16-7-10-28(22,23)12-16/h1-6,11,16H,7-10,12H2,(H,20,21)/t16-/m1/s1. The minimum Gasteiger partial charge on any atom is -0.486 e. The molecule has 29 heavy (non-hydrogen) atoms. The van der Waals surface area contributed by atoms with Crippen LogP contribution in [0.5, 0.6) is 11.5 Å². The molecule has 0 aromatic heterocycles. The Morgan fingerprint density at radius 1 is 1.00 bits per heavy atom. The van der Waals surface area contributed by atoms with Crippen molar-refractivity contribution in [3.63, 3.8) is 0 Å². The van der Waals surface area contributed by atoms with E-state index in [0.717, 1.165) is 0 Å². The summed E-state index contributed by atoms with van der Waals surface area (Å²) in [6.07, 6.45) is 0.0943. The molecule has 2 aliphatic rings. The highest BCUT2D eigenvalue weighted by Gasteiger charge is 2.38. The number of amides is 1. The average Bonchev–Trinajstić information content (AvgIpc) is 3.08. The number of rotatable bonds is 4. The van der Waals surface area contributed by atoms with E-state index >= 15 is 0 Å². The number of ether oxygens (including phenoxy) is 2. The van der Waals surface area contributed by atoms with E-state index in [1.165, 1.54) is 24.3 Å². The Hall–Kier alpha value is -2.59. The molecule has 0 saturated carbocycles. The van der Waals surface area contributed by atoms with E-state index in [4.69, 9.17) is 9.47 Å². The normalized spacial score (nSPS) is 20.2. The van der Waals surface area contributed by atoms with E-state index in [9.17, 15) is 21.6 Å². The lowest BCUT2D eigenvalue weighted by atomic mass is 10.2. The van der Waals surface area contributed by atoms with E-state index in [1.807, 2.05) is 0 Å². The zero-order chi connectivity index (χ0) is 20.6. The first-order valence-corrected chi connectivity index (χ1v) is 12.4. The number of benzene rings is 2. The maximum absolute atomic E-state index is 12.6. The molecule has 2 aliphatic heterocycles. The Kier molecular flexibility index (Phi) is 4.99. The van der Waals surface area contributed by atoms with Crippen LogP contribution in [0.4, 0.5) is 5.69 Å². The van der Waals surface area contributed by atoms with E-state index in [0.29, 0.717) is 30.4 Å². The van der Waals surface area contributed by atoms with Crippen molar-refractivity contribution in [2.45, 2.75) is 16.6 Å². The van der Waals surface area contributed by atoms with Crippen LogP contribution in [0.3, 0.4) is 0 Å². The van der Waals surface area contributed by atoms with Gasteiger partial charge in [0.05, 0.1) is 21.7 Å². The Balaban J connectivity index is 1.48. The first kappa shape index (κ1) is 19.7. The lowest BCUT2D eigenvalue weighted by molar-refractivity contribution is 0.102. The van der Waals surface area contributed by atoms with Gasteiger partial charge in [-0.3, -0.25) is 4.79 Å². The van der Waals surface area contributed by atoms with Crippen molar-refractivity contribution >= 4 is 31.3 Å². The van der Waals surface area contributed by atoms with Crippen molar-refractivity contribution in [1.82, 2.24) is 0 Å². The lowest BCUT2D eigenvalue weighted by Gasteiger charge is -2.19. The molecule has 0 aliphatic carbocycles. The summed E-state index contributed by atoms with van der Waals surface area (Å²) in [6, 6.07) is 10.5. The van der Waals surface area contributed by atoms with E-state index < -0.39 is 30.8 Å². The van der Waals surface area contributed by atoms with E-state index in [2.05, 4.69) is 5.32 Å². The van der Waals surface area contributed by atoms with Gasteiger partial charge in [-0.05, 0) is 42.8 Å². The Labute approximate surface area is 168 Å². The molecule has 2 aromatic carbocycles. The quantitative estimate of drug-likeness (QED) is 0.773. The van der Waals surface area contributed by atoms with Crippen molar-refractivity contribution in [1.29, 1.82) is 0 Å². The third-order valence-corrected chi connectivity index (χ3v) is 9.06. The number of fused-ring (bicyclic) bond motifs is 1. The van der Waals surface area contributed by atoms with Crippen LogP contribution < -0.4 is 14.8 Å². The highest BCUT2D eigenvalue weighted by Crippen LogP contribution is 2.32. The summed E-state index contributed by atoms with van der Waals surface area (Å²) in [7, 11) is -7.07. The second-order valence-corrected chi connectivity index (χ2v) is 11.4. The lowest BCUT2D eigenvalue weighted by Crippen LogP contribution is -2.23. The van der Waals surface area contributed by atoms with Crippen molar-refractivity contribution in [3.8, 4) is 11.5 Å². The fourth-order valence-corrected chi connectivity index (χ4v) is 7.68. The zero-order valence-corrected chi connectivity index (χ0v) is 17.0. The predicted octanol–water partition coefficient (Wildman–Crippen LogP) is 1.67. The minimum absolute atomic E-state index is 0.00970. The molecule has 1 atom stereocenters. The molecule has 2 aromatic rings. The van der Waals surface area contributed by atoms with E-state index in [-0.39, 0.29) is 28.4 Å². The molecular weight excluding hydrogens is 418 g/mol. The number of hydrogen-bond acceptors (Lipinski definition) is 7. The van der Waals surface area contributed by atoms with Gasteiger partial charge in [0.15, 0.2) is 31.2 Å². The number of carbonyl (C=O) groups is 1. The van der Waals surface area contributed by atoms with Gasteiger partial charge in [0, 0.05) is 17.3 Å². The second kappa shape index (κ2) is 7.34. The van der Waals surface area contributed by atoms with Crippen LogP contribution in [0.2, 0.25) is 0 Å². The third-order valence-electron chi connectivity index (χ3n) is 4.87. The van der Waals surface area contributed by atoms with Gasteiger partial charge < -0.3 is 14.8 Å². The predicted molar refractivity (Wildman–Crippen MR) is 106 cm³/mol. The first-order valence-electron chi connectivity index (χ1n) is 9.00. The van der Waals surface area contributed by atoms with Gasteiger partial charge in [-0.2, -0.15) is 0 Å². The maximum Gasteiger partial charge on any atom is 0.255 e. The summed E-state index contributed by atoms with van der Waals surface area (Å²) in [5.74, 6) is 0.267.